The Bertz CT molecular complexity index is 795. The summed E-state index contributed by atoms with van der Waals surface area (Å²) in [6.45, 7) is 8.32. The highest BCUT2D eigenvalue weighted by molar-refractivity contribution is 9.10. The highest BCUT2D eigenvalue weighted by atomic mass is 79.9. The molecule has 2 amide bonds. The van der Waals surface area contributed by atoms with Gasteiger partial charge < -0.3 is 19.7 Å². The van der Waals surface area contributed by atoms with Crippen LogP contribution in [-0.2, 0) is 11.3 Å². The van der Waals surface area contributed by atoms with E-state index in [1.165, 1.54) is 0 Å². The van der Waals surface area contributed by atoms with Gasteiger partial charge in [0.05, 0.1) is 19.8 Å². The Labute approximate surface area is 187 Å². The number of benzene rings is 2. The Hall–Kier alpha value is -2.09. The lowest BCUT2D eigenvalue weighted by Gasteiger charge is -2.28. The maximum absolute atomic E-state index is 13.0. The van der Waals surface area contributed by atoms with Gasteiger partial charge in [-0.05, 0) is 49.2 Å². The lowest BCUT2D eigenvalue weighted by molar-refractivity contribution is 0.0365. The van der Waals surface area contributed by atoms with Gasteiger partial charge in [0.15, 0.2) is 0 Å². The van der Waals surface area contributed by atoms with Crippen LogP contribution in [0, 0.1) is 0 Å². The lowest BCUT2D eigenvalue weighted by Crippen LogP contribution is -2.40. The van der Waals surface area contributed by atoms with Crippen molar-refractivity contribution in [1.82, 2.24) is 9.80 Å². The molecule has 0 atom stereocenters. The van der Waals surface area contributed by atoms with Gasteiger partial charge >= 0.3 is 6.03 Å². The Morgan fingerprint density at radius 3 is 2.67 bits per heavy atom. The number of nitrogens with zero attached hydrogens (tertiary/aromatic N) is 2. The predicted octanol–water partition coefficient (Wildman–Crippen LogP) is 4.60. The number of amides is 2. The van der Waals surface area contributed by atoms with E-state index >= 15 is 0 Å². The van der Waals surface area contributed by atoms with Crippen LogP contribution in [0.4, 0.5) is 10.5 Å². The second kappa shape index (κ2) is 11.9. The molecule has 162 valence electrons. The SMILES string of the molecule is CCOc1ccc(CN(CCCN2CCOCC2)C(=O)Nc2cccc(Br)c2)cc1. The average molecular weight is 476 g/mol. The van der Waals surface area contributed by atoms with E-state index in [-0.39, 0.29) is 6.03 Å². The minimum absolute atomic E-state index is 0.0936. The molecule has 0 saturated carbocycles. The van der Waals surface area contributed by atoms with E-state index in [0.29, 0.717) is 19.7 Å². The summed E-state index contributed by atoms with van der Waals surface area (Å²) in [6, 6.07) is 15.5. The molecule has 1 heterocycles. The maximum Gasteiger partial charge on any atom is 0.322 e. The third kappa shape index (κ3) is 7.31. The van der Waals surface area contributed by atoms with E-state index in [9.17, 15) is 4.79 Å². The highest BCUT2D eigenvalue weighted by Crippen LogP contribution is 2.18. The van der Waals surface area contributed by atoms with E-state index in [4.69, 9.17) is 9.47 Å². The van der Waals surface area contributed by atoms with Crippen LogP contribution in [0.2, 0.25) is 0 Å². The van der Waals surface area contributed by atoms with Gasteiger partial charge in [-0.3, -0.25) is 4.90 Å². The van der Waals surface area contributed by atoms with E-state index in [2.05, 4.69) is 26.1 Å². The van der Waals surface area contributed by atoms with E-state index in [1.807, 2.05) is 60.4 Å². The van der Waals surface area contributed by atoms with Crippen LogP contribution in [0.25, 0.3) is 0 Å². The molecular formula is C23H30BrN3O3. The Morgan fingerprint density at radius 2 is 1.97 bits per heavy atom. The maximum atomic E-state index is 13.0. The predicted molar refractivity (Wildman–Crippen MR) is 123 cm³/mol. The number of nitrogens with one attached hydrogen (secondary N) is 1. The number of anilines is 1. The summed E-state index contributed by atoms with van der Waals surface area (Å²) in [5, 5.41) is 3.02. The molecule has 1 aliphatic rings. The first-order chi connectivity index (χ1) is 14.6. The fourth-order valence-electron chi connectivity index (χ4n) is 3.41. The van der Waals surface area contributed by atoms with Crippen LogP contribution in [-0.4, -0.2) is 61.8 Å². The summed E-state index contributed by atoms with van der Waals surface area (Å²) in [4.78, 5) is 17.3. The normalized spacial score (nSPS) is 14.3. The molecule has 1 N–H and O–H groups in total. The molecule has 0 unspecified atom stereocenters. The minimum Gasteiger partial charge on any atom is -0.494 e. The highest BCUT2D eigenvalue weighted by Gasteiger charge is 2.16. The zero-order valence-corrected chi connectivity index (χ0v) is 19.1. The average Bonchev–Trinajstić information content (AvgIpc) is 2.75. The number of urea groups is 1. The van der Waals surface area contributed by atoms with Gasteiger partial charge in [-0.1, -0.05) is 34.1 Å². The Balaban J connectivity index is 1.62. The minimum atomic E-state index is -0.0936. The monoisotopic (exact) mass is 475 g/mol. The molecular weight excluding hydrogens is 446 g/mol. The number of hydrogen-bond acceptors (Lipinski definition) is 4. The molecule has 2 aromatic rings. The van der Waals surface area contributed by atoms with Gasteiger partial charge in [0.25, 0.3) is 0 Å². The molecule has 0 spiro atoms. The van der Waals surface area contributed by atoms with Gasteiger partial charge in [-0.15, -0.1) is 0 Å². The summed E-state index contributed by atoms with van der Waals surface area (Å²) in [7, 11) is 0. The van der Waals surface area contributed by atoms with Crippen LogP contribution < -0.4 is 10.1 Å². The topological polar surface area (TPSA) is 54.0 Å². The molecule has 30 heavy (non-hydrogen) atoms. The summed E-state index contributed by atoms with van der Waals surface area (Å²) in [6.07, 6.45) is 0.920. The van der Waals surface area contributed by atoms with E-state index in [0.717, 1.165) is 60.7 Å². The van der Waals surface area contributed by atoms with Gasteiger partial charge in [-0.25, -0.2) is 4.79 Å². The second-order valence-corrected chi connectivity index (χ2v) is 8.16. The number of carbonyl (C=O) groups is 1. The first-order valence-corrected chi connectivity index (χ1v) is 11.3. The molecule has 1 aliphatic heterocycles. The third-order valence-electron chi connectivity index (χ3n) is 4.98. The van der Waals surface area contributed by atoms with E-state index < -0.39 is 0 Å². The third-order valence-corrected chi connectivity index (χ3v) is 5.47. The van der Waals surface area contributed by atoms with Crippen LogP contribution in [0.5, 0.6) is 5.75 Å². The molecule has 0 bridgehead atoms. The van der Waals surface area contributed by atoms with Crippen molar-refractivity contribution in [3.63, 3.8) is 0 Å². The van der Waals surface area contributed by atoms with Crippen LogP contribution in [0.1, 0.15) is 18.9 Å². The van der Waals surface area contributed by atoms with Crippen molar-refractivity contribution in [2.45, 2.75) is 19.9 Å². The van der Waals surface area contributed by atoms with Crippen molar-refractivity contribution in [1.29, 1.82) is 0 Å². The molecule has 1 fully saturated rings. The summed E-state index contributed by atoms with van der Waals surface area (Å²) >= 11 is 3.46. The molecule has 1 saturated heterocycles. The van der Waals surface area contributed by atoms with Crippen LogP contribution in [0.15, 0.2) is 53.0 Å². The number of morpholine rings is 1. The summed E-state index contributed by atoms with van der Waals surface area (Å²) in [5.74, 6) is 0.846. The first kappa shape index (κ1) is 22.6. The lowest BCUT2D eigenvalue weighted by atomic mass is 10.2. The number of carbonyl (C=O) groups excluding carboxylic acids is 1. The largest absolute Gasteiger partial charge is 0.494 e. The van der Waals surface area contributed by atoms with Crippen molar-refractivity contribution in [3.8, 4) is 5.75 Å². The quantitative estimate of drug-likeness (QED) is 0.575. The van der Waals surface area contributed by atoms with Crippen molar-refractivity contribution in [2.24, 2.45) is 0 Å². The number of ether oxygens (including phenoxy) is 2. The van der Waals surface area contributed by atoms with Gasteiger partial charge in [0.2, 0.25) is 0 Å². The standard InChI is InChI=1S/C23H30BrN3O3/c1-2-30-22-9-7-19(8-10-22)18-27(12-4-11-26-13-15-29-16-14-26)23(28)25-21-6-3-5-20(24)17-21/h3,5-10,17H,2,4,11-16,18H2,1H3,(H,25,28). The number of rotatable bonds is 9. The molecule has 2 aromatic carbocycles. The molecule has 0 aromatic heterocycles. The number of hydrogen-bond donors (Lipinski definition) is 1. The van der Waals surface area contributed by atoms with Crippen molar-refractivity contribution < 1.29 is 14.3 Å². The molecule has 7 heteroatoms. The Kier molecular flexibility index (Phi) is 8.99. The van der Waals surface area contributed by atoms with Crippen LogP contribution >= 0.6 is 15.9 Å². The zero-order chi connectivity index (χ0) is 21.2. The Morgan fingerprint density at radius 1 is 1.20 bits per heavy atom. The molecule has 0 aliphatic carbocycles. The fraction of sp³-hybridized carbons (Fsp3) is 0.435. The van der Waals surface area contributed by atoms with Crippen molar-refractivity contribution in [2.75, 3.05) is 51.3 Å². The second-order valence-electron chi connectivity index (χ2n) is 7.25. The molecule has 3 rings (SSSR count). The molecule has 6 nitrogen and oxygen atoms in total. The first-order valence-electron chi connectivity index (χ1n) is 10.5. The van der Waals surface area contributed by atoms with Gasteiger partial charge in [0.1, 0.15) is 5.75 Å². The molecule has 0 radical (unpaired) electrons. The zero-order valence-electron chi connectivity index (χ0n) is 17.5. The summed E-state index contributed by atoms with van der Waals surface area (Å²) < 4.78 is 11.9. The number of halogens is 1. The summed E-state index contributed by atoms with van der Waals surface area (Å²) in [5.41, 5.74) is 1.86. The van der Waals surface area contributed by atoms with Crippen molar-refractivity contribution in [3.05, 3.63) is 58.6 Å². The van der Waals surface area contributed by atoms with Crippen LogP contribution in [0.3, 0.4) is 0 Å². The van der Waals surface area contributed by atoms with Gasteiger partial charge in [-0.2, -0.15) is 0 Å². The fourth-order valence-corrected chi connectivity index (χ4v) is 3.81. The van der Waals surface area contributed by atoms with Gasteiger partial charge in [0, 0.05) is 42.9 Å². The smallest absolute Gasteiger partial charge is 0.322 e. The van der Waals surface area contributed by atoms with E-state index in [1.54, 1.807) is 0 Å². The van der Waals surface area contributed by atoms with Crippen molar-refractivity contribution >= 4 is 27.6 Å².